The van der Waals surface area contributed by atoms with E-state index in [9.17, 15) is 4.79 Å². The van der Waals surface area contributed by atoms with E-state index in [1.165, 1.54) is 30.5 Å². The zero-order valence-corrected chi connectivity index (χ0v) is 25.6. The van der Waals surface area contributed by atoms with E-state index in [0.717, 1.165) is 43.1 Å². The first-order valence-corrected chi connectivity index (χ1v) is 14.8. The lowest BCUT2D eigenvalue weighted by molar-refractivity contribution is 0.102. The molecule has 5 rings (SSSR count). The van der Waals surface area contributed by atoms with Crippen molar-refractivity contribution in [1.29, 1.82) is 0 Å². The smallest absolute Gasteiger partial charge is 0.258 e. The zero-order valence-electron chi connectivity index (χ0n) is 21.6. The summed E-state index contributed by atoms with van der Waals surface area (Å²) in [7, 11) is 1.50. The second kappa shape index (κ2) is 11.9. The number of anilines is 4. The van der Waals surface area contributed by atoms with Gasteiger partial charge in [-0.1, -0.05) is 30.1 Å². The third-order valence-electron chi connectivity index (χ3n) is 6.85. The maximum atomic E-state index is 13.3. The molecule has 39 heavy (non-hydrogen) atoms. The minimum absolute atomic E-state index is 0.209. The molecule has 1 fully saturated rings. The van der Waals surface area contributed by atoms with Gasteiger partial charge in [-0.3, -0.25) is 4.79 Å². The van der Waals surface area contributed by atoms with Crippen LogP contribution in [0.25, 0.3) is 10.2 Å². The number of amides is 1. The molecule has 1 aliphatic heterocycles. The second-order valence-corrected chi connectivity index (χ2v) is 11.5. The van der Waals surface area contributed by atoms with E-state index in [0.29, 0.717) is 37.7 Å². The first-order valence-electron chi connectivity index (χ1n) is 12.4. The number of hydrogen-bond donors (Lipinski definition) is 2. The molecule has 1 amide bonds. The highest BCUT2D eigenvalue weighted by molar-refractivity contribution is 9.10. The zero-order chi connectivity index (χ0) is 27.7. The number of nitrogens with zero attached hydrogens (tertiary/aromatic N) is 4. The van der Waals surface area contributed by atoms with Gasteiger partial charge in [-0.05, 0) is 59.2 Å². The van der Waals surface area contributed by atoms with Crippen LogP contribution < -0.4 is 20.3 Å². The molecule has 2 N–H and O–H groups in total. The van der Waals surface area contributed by atoms with Crippen molar-refractivity contribution in [3.63, 3.8) is 0 Å². The molecule has 0 atom stereocenters. The number of likely N-dealkylation sites (N-methyl/N-ethyl adjacent to an activating group) is 1. The number of nitrogens with one attached hydrogen (secondary N) is 2. The minimum atomic E-state index is -0.383. The lowest BCUT2D eigenvalue weighted by Crippen LogP contribution is -2.46. The topological polar surface area (TPSA) is 82.6 Å². The van der Waals surface area contributed by atoms with Gasteiger partial charge >= 0.3 is 0 Å². The van der Waals surface area contributed by atoms with Crippen LogP contribution in [0.3, 0.4) is 0 Å². The highest BCUT2D eigenvalue weighted by Crippen LogP contribution is 2.46. The Balaban J connectivity index is 1.35. The average Bonchev–Trinajstić information content (AvgIpc) is 3.40. The molecule has 0 spiro atoms. The van der Waals surface area contributed by atoms with E-state index in [4.69, 9.17) is 27.9 Å². The Kier molecular flexibility index (Phi) is 8.49. The molecular formula is C27H27BrCl2N6O2S. The Labute approximate surface area is 249 Å². The molecule has 1 saturated heterocycles. The number of piperazine rings is 1. The molecule has 8 nitrogen and oxygen atoms in total. The fourth-order valence-corrected chi connectivity index (χ4v) is 6.87. The molecule has 2 aromatic carbocycles. The number of benzene rings is 2. The number of fused-ring (bicyclic) bond motifs is 1. The summed E-state index contributed by atoms with van der Waals surface area (Å²) in [5.41, 5.74) is 4.02. The van der Waals surface area contributed by atoms with Gasteiger partial charge in [0.05, 0.1) is 38.1 Å². The monoisotopic (exact) mass is 648 g/mol. The van der Waals surface area contributed by atoms with Crippen molar-refractivity contribution >= 4 is 89.5 Å². The van der Waals surface area contributed by atoms with Gasteiger partial charge in [0.2, 0.25) is 0 Å². The molecule has 4 aromatic rings. The quantitative estimate of drug-likeness (QED) is 0.219. The minimum Gasteiger partial charge on any atom is -0.494 e. The summed E-state index contributed by atoms with van der Waals surface area (Å²) in [4.78, 5) is 27.0. The summed E-state index contributed by atoms with van der Waals surface area (Å²) in [6.45, 7) is 9.32. The number of rotatable bonds is 7. The van der Waals surface area contributed by atoms with Crippen LogP contribution in [0.5, 0.6) is 5.75 Å². The molecule has 0 unspecified atom stereocenters. The van der Waals surface area contributed by atoms with Crippen LogP contribution in [-0.2, 0) is 0 Å². The lowest BCUT2D eigenvalue weighted by atomic mass is 10.2. The molecule has 0 aliphatic carbocycles. The predicted molar refractivity (Wildman–Crippen MR) is 165 cm³/mol. The van der Waals surface area contributed by atoms with Gasteiger partial charge in [0.15, 0.2) is 11.6 Å². The van der Waals surface area contributed by atoms with Gasteiger partial charge < -0.3 is 25.2 Å². The van der Waals surface area contributed by atoms with Crippen LogP contribution in [0.1, 0.15) is 22.8 Å². The van der Waals surface area contributed by atoms with E-state index in [1.807, 2.05) is 19.1 Å². The van der Waals surface area contributed by atoms with Crippen LogP contribution >= 0.6 is 50.5 Å². The lowest BCUT2D eigenvalue weighted by Gasteiger charge is -2.35. The molecule has 0 saturated carbocycles. The van der Waals surface area contributed by atoms with E-state index in [2.05, 4.69) is 65.4 Å². The van der Waals surface area contributed by atoms with Gasteiger partial charge in [0.1, 0.15) is 11.3 Å². The second-order valence-electron chi connectivity index (χ2n) is 9.07. The maximum Gasteiger partial charge on any atom is 0.258 e. The van der Waals surface area contributed by atoms with Gasteiger partial charge in [-0.2, -0.15) is 0 Å². The fraction of sp³-hybridized carbons (Fsp3) is 0.296. The first-order chi connectivity index (χ1) is 18.8. The highest BCUT2D eigenvalue weighted by atomic mass is 79.9. The Morgan fingerprint density at radius 1 is 1.13 bits per heavy atom. The van der Waals surface area contributed by atoms with Crippen LogP contribution in [0.2, 0.25) is 10.0 Å². The summed E-state index contributed by atoms with van der Waals surface area (Å²) in [6, 6.07) is 8.34. The normalized spacial score (nSPS) is 14.1. The van der Waals surface area contributed by atoms with Crippen molar-refractivity contribution in [2.75, 3.05) is 55.4 Å². The average molecular weight is 650 g/mol. The van der Waals surface area contributed by atoms with Crippen molar-refractivity contribution < 1.29 is 9.53 Å². The number of ether oxygens (including phenoxy) is 1. The summed E-state index contributed by atoms with van der Waals surface area (Å²) in [5, 5.41) is 8.51. The van der Waals surface area contributed by atoms with Crippen molar-refractivity contribution in [2.45, 2.75) is 13.8 Å². The summed E-state index contributed by atoms with van der Waals surface area (Å²) in [6.07, 6.45) is 1.45. The van der Waals surface area contributed by atoms with E-state index in [-0.39, 0.29) is 16.6 Å². The number of aromatic nitrogens is 2. The van der Waals surface area contributed by atoms with Crippen LogP contribution in [0, 0.1) is 6.92 Å². The van der Waals surface area contributed by atoms with Crippen LogP contribution in [-0.4, -0.2) is 60.6 Å². The predicted octanol–water partition coefficient (Wildman–Crippen LogP) is 7.22. The van der Waals surface area contributed by atoms with E-state index < -0.39 is 0 Å². The maximum absolute atomic E-state index is 13.3. The number of hydrogen-bond acceptors (Lipinski definition) is 8. The SMILES string of the molecule is CCN1CCN(c2ccc(Nc3ncnc4c(C(=O)Nc5c(Cl)c(C)c(Br)c(OC)c5Cl)csc34)cc2)CC1. The Morgan fingerprint density at radius 3 is 2.51 bits per heavy atom. The Bertz CT molecular complexity index is 1520. The first kappa shape index (κ1) is 27.9. The van der Waals surface area contributed by atoms with Gasteiger partial charge in [0.25, 0.3) is 5.91 Å². The van der Waals surface area contributed by atoms with Crippen molar-refractivity contribution in [1.82, 2.24) is 14.9 Å². The summed E-state index contributed by atoms with van der Waals surface area (Å²) < 4.78 is 6.80. The van der Waals surface area contributed by atoms with Crippen LogP contribution in [0.15, 0.2) is 40.4 Å². The van der Waals surface area contributed by atoms with Crippen molar-refractivity contribution in [3.05, 3.63) is 61.6 Å². The molecule has 2 aromatic heterocycles. The number of thiophene rings is 1. The number of carbonyl (C=O) groups excluding carboxylic acids is 1. The Hall–Kier alpha value is -2.63. The molecule has 204 valence electrons. The summed E-state index contributed by atoms with van der Waals surface area (Å²) >= 11 is 17.9. The van der Waals surface area contributed by atoms with Gasteiger partial charge in [0, 0.05) is 42.9 Å². The molecule has 12 heteroatoms. The van der Waals surface area contributed by atoms with E-state index >= 15 is 0 Å². The summed E-state index contributed by atoms with van der Waals surface area (Å²) in [5.74, 6) is 0.642. The largest absolute Gasteiger partial charge is 0.494 e. The number of methoxy groups -OCH3 is 1. The molecule has 0 radical (unpaired) electrons. The number of halogens is 3. The molecule has 1 aliphatic rings. The number of carbonyl (C=O) groups is 1. The highest BCUT2D eigenvalue weighted by Gasteiger charge is 2.24. The third-order valence-corrected chi connectivity index (χ3v) is 9.62. The van der Waals surface area contributed by atoms with Crippen molar-refractivity contribution in [3.8, 4) is 5.75 Å². The molecular weight excluding hydrogens is 623 g/mol. The third kappa shape index (κ3) is 5.53. The molecule has 3 heterocycles. The fourth-order valence-electron chi connectivity index (χ4n) is 4.55. The standard InChI is InChI=1S/C27H27BrCl2N6O2S/c1-4-35-9-11-36(12-10-35)17-7-5-16(6-8-17)33-26-25-22(31-14-32-26)18(13-39-25)27(37)34-23-20(29)15(2)19(28)24(38-3)21(23)30/h5-8,13-14H,4,9-12H2,1-3H3,(H,34,37)(H,31,32,33). The van der Waals surface area contributed by atoms with Crippen LogP contribution in [0.4, 0.5) is 22.9 Å². The van der Waals surface area contributed by atoms with Gasteiger partial charge in [-0.15, -0.1) is 11.3 Å². The van der Waals surface area contributed by atoms with Gasteiger partial charge in [-0.25, -0.2) is 9.97 Å². The Morgan fingerprint density at radius 2 is 1.85 bits per heavy atom. The molecule has 0 bridgehead atoms. The van der Waals surface area contributed by atoms with E-state index in [1.54, 1.807) is 5.38 Å². The van der Waals surface area contributed by atoms with Crippen molar-refractivity contribution in [2.24, 2.45) is 0 Å².